The molecule has 1 amide bonds. The van der Waals surface area contributed by atoms with Gasteiger partial charge in [0.15, 0.2) is 11.0 Å². The van der Waals surface area contributed by atoms with Crippen molar-refractivity contribution in [3.63, 3.8) is 0 Å². The van der Waals surface area contributed by atoms with Crippen molar-refractivity contribution in [3.05, 3.63) is 36.4 Å². The van der Waals surface area contributed by atoms with Crippen molar-refractivity contribution in [2.45, 2.75) is 44.1 Å². The van der Waals surface area contributed by atoms with Crippen LogP contribution in [0.5, 0.6) is 0 Å². The van der Waals surface area contributed by atoms with Crippen LogP contribution < -0.4 is 5.32 Å². The predicted octanol–water partition coefficient (Wildman–Crippen LogP) is 1.40. The quantitative estimate of drug-likeness (QED) is 0.526. The minimum Gasteiger partial charge on any atom is -0.376 e. The molecule has 140 valence electrons. The van der Waals surface area contributed by atoms with E-state index in [0.717, 1.165) is 36.1 Å². The van der Waals surface area contributed by atoms with Crippen LogP contribution in [-0.4, -0.2) is 55.5 Å². The number of carbonyl (C=O) groups excluding carboxylic acids is 1. The zero-order valence-corrected chi connectivity index (χ0v) is 15.7. The van der Waals surface area contributed by atoms with Crippen molar-refractivity contribution < 1.29 is 9.53 Å². The monoisotopic (exact) mass is 376 g/mol. The molecule has 2 aromatic rings. The summed E-state index contributed by atoms with van der Waals surface area (Å²) in [5.41, 5.74) is 0.962. The highest BCUT2D eigenvalue weighted by molar-refractivity contribution is 7.99. The second kappa shape index (κ2) is 9.00. The average molecular weight is 376 g/mol. The van der Waals surface area contributed by atoms with E-state index in [1.807, 2.05) is 23.9 Å². The molecule has 1 N–H and O–H groups in total. The van der Waals surface area contributed by atoms with Gasteiger partial charge in [-0.05, 0) is 25.8 Å². The lowest BCUT2D eigenvalue weighted by molar-refractivity contribution is -0.118. The van der Waals surface area contributed by atoms with Crippen molar-refractivity contribution in [1.29, 1.82) is 0 Å². The largest absolute Gasteiger partial charge is 0.376 e. The molecule has 0 saturated carbocycles. The van der Waals surface area contributed by atoms with Crippen LogP contribution in [-0.2, 0) is 22.6 Å². The molecule has 26 heavy (non-hydrogen) atoms. The van der Waals surface area contributed by atoms with Crippen LogP contribution in [0.1, 0.15) is 24.4 Å². The molecule has 8 nitrogen and oxygen atoms in total. The number of aromatic nitrogens is 5. The summed E-state index contributed by atoms with van der Waals surface area (Å²) in [7, 11) is 0. The standard InChI is InChI=1S/C17H24N6O2S/c1-3-7-18-16(24)12-26-17-20-19-15(11-22-8-6-13(2)21-22)23(17)10-14-5-4-9-25-14/h3,6,8,14H,1,4-5,7,9-12H2,2H3,(H,18,24)/t14-/m1/s1. The minimum absolute atomic E-state index is 0.0502. The van der Waals surface area contributed by atoms with Gasteiger partial charge in [-0.2, -0.15) is 5.10 Å². The molecule has 1 atom stereocenters. The van der Waals surface area contributed by atoms with Gasteiger partial charge in [0.25, 0.3) is 0 Å². The Hall–Kier alpha value is -2.13. The highest BCUT2D eigenvalue weighted by Crippen LogP contribution is 2.21. The molecular formula is C17H24N6O2S. The third kappa shape index (κ3) is 4.95. The van der Waals surface area contributed by atoms with Crippen molar-refractivity contribution in [2.75, 3.05) is 18.9 Å². The predicted molar refractivity (Wildman–Crippen MR) is 99.0 cm³/mol. The van der Waals surface area contributed by atoms with Gasteiger partial charge in [0, 0.05) is 19.3 Å². The molecule has 0 bridgehead atoms. The highest BCUT2D eigenvalue weighted by Gasteiger charge is 2.21. The summed E-state index contributed by atoms with van der Waals surface area (Å²) >= 11 is 1.38. The molecule has 1 fully saturated rings. The van der Waals surface area contributed by atoms with Gasteiger partial charge in [-0.25, -0.2) is 0 Å². The van der Waals surface area contributed by atoms with Crippen molar-refractivity contribution in [3.8, 4) is 0 Å². The van der Waals surface area contributed by atoms with Gasteiger partial charge in [-0.15, -0.1) is 16.8 Å². The first kappa shape index (κ1) is 18.7. The topological polar surface area (TPSA) is 86.9 Å². The molecule has 0 unspecified atom stereocenters. The number of nitrogens with one attached hydrogen (secondary N) is 1. The lowest BCUT2D eigenvalue weighted by atomic mass is 10.2. The minimum atomic E-state index is -0.0502. The van der Waals surface area contributed by atoms with Crippen LogP contribution in [0.4, 0.5) is 0 Å². The van der Waals surface area contributed by atoms with E-state index in [0.29, 0.717) is 25.4 Å². The summed E-state index contributed by atoms with van der Waals surface area (Å²) in [5.74, 6) is 1.06. The third-order valence-electron chi connectivity index (χ3n) is 4.06. The van der Waals surface area contributed by atoms with E-state index in [1.54, 1.807) is 6.08 Å². The van der Waals surface area contributed by atoms with Crippen molar-refractivity contribution in [1.82, 2.24) is 29.9 Å². The van der Waals surface area contributed by atoms with E-state index in [-0.39, 0.29) is 12.0 Å². The number of hydrogen-bond donors (Lipinski definition) is 1. The van der Waals surface area contributed by atoms with E-state index >= 15 is 0 Å². The van der Waals surface area contributed by atoms with E-state index in [1.165, 1.54) is 11.8 Å². The summed E-state index contributed by atoms with van der Waals surface area (Å²) in [6, 6.07) is 1.96. The first-order chi connectivity index (χ1) is 12.7. The SMILES string of the molecule is C=CCNC(=O)CSc1nnc(Cn2ccc(C)n2)n1C[C@H]1CCCO1. The first-order valence-corrected chi connectivity index (χ1v) is 9.68. The van der Waals surface area contributed by atoms with Gasteiger partial charge >= 0.3 is 0 Å². The van der Waals surface area contributed by atoms with Crippen LogP contribution in [0.25, 0.3) is 0 Å². The smallest absolute Gasteiger partial charge is 0.230 e. The summed E-state index contributed by atoms with van der Waals surface area (Å²) in [4.78, 5) is 11.9. The van der Waals surface area contributed by atoms with Crippen LogP contribution in [0.3, 0.4) is 0 Å². The zero-order valence-electron chi connectivity index (χ0n) is 14.9. The van der Waals surface area contributed by atoms with Crippen molar-refractivity contribution in [2.24, 2.45) is 0 Å². The molecule has 0 aliphatic carbocycles. The Balaban J connectivity index is 1.72. The lowest BCUT2D eigenvalue weighted by Crippen LogP contribution is -2.25. The normalized spacial score (nSPS) is 16.7. The fourth-order valence-electron chi connectivity index (χ4n) is 2.78. The molecule has 1 aliphatic rings. The summed E-state index contributed by atoms with van der Waals surface area (Å²) in [6.07, 6.45) is 5.86. The average Bonchev–Trinajstić information content (AvgIpc) is 3.36. The van der Waals surface area contributed by atoms with E-state index < -0.39 is 0 Å². The first-order valence-electron chi connectivity index (χ1n) is 8.70. The molecule has 3 heterocycles. The Kier molecular flexibility index (Phi) is 6.45. The van der Waals surface area contributed by atoms with Gasteiger partial charge in [-0.1, -0.05) is 17.8 Å². The van der Waals surface area contributed by atoms with Crippen LogP contribution in [0.15, 0.2) is 30.1 Å². The van der Waals surface area contributed by atoms with Crippen molar-refractivity contribution >= 4 is 17.7 Å². The number of thioether (sulfide) groups is 1. The number of nitrogens with zero attached hydrogens (tertiary/aromatic N) is 5. The number of rotatable bonds is 9. The fourth-order valence-corrected chi connectivity index (χ4v) is 3.58. The molecule has 9 heteroatoms. The Morgan fingerprint density at radius 3 is 3.12 bits per heavy atom. The Bertz CT molecular complexity index is 750. The number of hydrogen-bond acceptors (Lipinski definition) is 6. The summed E-state index contributed by atoms with van der Waals surface area (Å²) in [5, 5.41) is 16.5. The van der Waals surface area contributed by atoms with Gasteiger partial charge in [0.2, 0.25) is 5.91 Å². The van der Waals surface area contributed by atoms with E-state index in [2.05, 4.69) is 31.8 Å². The van der Waals surface area contributed by atoms with Crippen LogP contribution >= 0.6 is 11.8 Å². The van der Waals surface area contributed by atoms with E-state index in [9.17, 15) is 4.79 Å². The molecule has 0 spiro atoms. The van der Waals surface area contributed by atoms with Crippen LogP contribution in [0.2, 0.25) is 0 Å². The molecular weight excluding hydrogens is 352 g/mol. The molecule has 3 rings (SSSR count). The number of amides is 1. The van der Waals surface area contributed by atoms with Gasteiger partial charge in [0.1, 0.15) is 6.54 Å². The molecule has 2 aromatic heterocycles. The Labute approximate surface area is 157 Å². The molecule has 1 aliphatic heterocycles. The maximum atomic E-state index is 11.9. The zero-order chi connectivity index (χ0) is 18.4. The second-order valence-corrected chi connectivity index (χ2v) is 7.12. The second-order valence-electron chi connectivity index (χ2n) is 6.18. The molecule has 0 radical (unpaired) electrons. The summed E-state index contributed by atoms with van der Waals surface area (Å²) in [6.45, 7) is 8.05. The van der Waals surface area contributed by atoms with E-state index in [4.69, 9.17) is 4.74 Å². The third-order valence-corrected chi connectivity index (χ3v) is 5.02. The maximum Gasteiger partial charge on any atom is 0.230 e. The van der Waals surface area contributed by atoms with Gasteiger partial charge in [0.05, 0.1) is 24.1 Å². The maximum absolute atomic E-state index is 11.9. The Morgan fingerprint density at radius 1 is 1.54 bits per heavy atom. The summed E-state index contributed by atoms with van der Waals surface area (Å²) < 4.78 is 9.67. The highest BCUT2D eigenvalue weighted by atomic mass is 32.2. The van der Waals surface area contributed by atoms with Gasteiger partial charge in [-0.3, -0.25) is 9.48 Å². The molecule has 1 saturated heterocycles. The fraction of sp³-hybridized carbons (Fsp3) is 0.529. The van der Waals surface area contributed by atoms with Crippen LogP contribution in [0, 0.1) is 6.92 Å². The van der Waals surface area contributed by atoms with Gasteiger partial charge < -0.3 is 14.6 Å². The number of carbonyl (C=O) groups is 1. The number of aryl methyl sites for hydroxylation is 1. The number of ether oxygens (including phenoxy) is 1. The lowest BCUT2D eigenvalue weighted by Gasteiger charge is -2.14. The molecule has 0 aromatic carbocycles. The Morgan fingerprint density at radius 2 is 2.42 bits per heavy atom.